The van der Waals surface area contributed by atoms with E-state index < -0.39 is 8.83 Å². The van der Waals surface area contributed by atoms with E-state index in [0.29, 0.717) is 0 Å². The smallest absolute Gasteiger partial charge is 0.155 e. The van der Waals surface area contributed by atoms with E-state index in [1.165, 1.54) is 30.9 Å². The number of hydrogen-bond donors (Lipinski definition) is 0. The molecule has 4 aliphatic carbocycles. The first-order valence-electron chi connectivity index (χ1n) is 8.16. The van der Waals surface area contributed by atoms with E-state index in [9.17, 15) is 0 Å². The van der Waals surface area contributed by atoms with Gasteiger partial charge in [-0.15, -0.1) is 0 Å². The molecule has 0 aromatic heterocycles. The second kappa shape index (κ2) is 5.34. The maximum absolute atomic E-state index is 6.32. The summed E-state index contributed by atoms with van der Waals surface area (Å²) in [6, 6.07) is 0. The molecular formula is C18H23ClSi. The van der Waals surface area contributed by atoms with Crippen LogP contribution in [0, 0.1) is 35.5 Å². The standard InChI is InChI=1S/C18H23ClSi/c19-20-16(11-18-14-5-6-15(18)8-7-14)9-10-17-12-1-2-13(17)4-3-12/h1-2,5-6,9-15,17-18H,3-4,7-8,20H2. The van der Waals surface area contributed by atoms with E-state index in [1.54, 1.807) is 0 Å². The third-order valence-corrected chi connectivity index (χ3v) is 7.65. The van der Waals surface area contributed by atoms with Gasteiger partial charge in [0.05, 0.1) is 0 Å². The zero-order valence-electron chi connectivity index (χ0n) is 11.9. The Hall–Kier alpha value is -0.533. The van der Waals surface area contributed by atoms with Gasteiger partial charge in [-0.3, -0.25) is 0 Å². The number of rotatable bonds is 4. The minimum Gasteiger partial charge on any atom is -0.170 e. The fourth-order valence-corrected chi connectivity index (χ4v) is 5.92. The summed E-state index contributed by atoms with van der Waals surface area (Å²) in [5.74, 6) is 4.79. The number of halogens is 1. The van der Waals surface area contributed by atoms with Crippen LogP contribution in [0.15, 0.2) is 47.7 Å². The largest absolute Gasteiger partial charge is 0.170 e. The highest BCUT2D eigenvalue weighted by Crippen LogP contribution is 2.46. The lowest BCUT2D eigenvalue weighted by Gasteiger charge is -2.13. The van der Waals surface area contributed by atoms with Gasteiger partial charge in [0.15, 0.2) is 8.83 Å². The van der Waals surface area contributed by atoms with Crippen molar-refractivity contribution in [2.24, 2.45) is 35.5 Å². The fraction of sp³-hybridized carbons (Fsp3) is 0.556. The third kappa shape index (κ3) is 2.19. The molecule has 0 saturated heterocycles. The van der Waals surface area contributed by atoms with E-state index in [1.807, 2.05) is 0 Å². The third-order valence-electron chi connectivity index (χ3n) is 5.95. The molecule has 4 rings (SSSR count). The van der Waals surface area contributed by atoms with Gasteiger partial charge in [-0.2, -0.15) is 11.1 Å². The van der Waals surface area contributed by atoms with Crippen LogP contribution in [0.2, 0.25) is 0 Å². The van der Waals surface area contributed by atoms with Crippen molar-refractivity contribution in [2.45, 2.75) is 25.7 Å². The molecule has 2 saturated carbocycles. The van der Waals surface area contributed by atoms with Crippen LogP contribution < -0.4 is 0 Å². The lowest BCUT2D eigenvalue weighted by Crippen LogP contribution is -2.06. The lowest BCUT2D eigenvalue weighted by atomic mass is 9.94. The average molecular weight is 303 g/mol. The Morgan fingerprint density at radius 3 is 1.80 bits per heavy atom. The predicted octanol–water partition coefficient (Wildman–Crippen LogP) is 4.17. The van der Waals surface area contributed by atoms with E-state index in [0.717, 1.165) is 35.5 Å². The van der Waals surface area contributed by atoms with Crippen LogP contribution in [-0.2, 0) is 0 Å². The molecule has 0 N–H and O–H groups in total. The number of fused-ring (bicyclic) bond motifs is 4. The van der Waals surface area contributed by atoms with Crippen molar-refractivity contribution in [3.63, 3.8) is 0 Å². The van der Waals surface area contributed by atoms with Crippen LogP contribution in [0.5, 0.6) is 0 Å². The van der Waals surface area contributed by atoms with E-state index in [4.69, 9.17) is 11.1 Å². The van der Waals surface area contributed by atoms with Gasteiger partial charge in [-0.1, -0.05) is 47.7 Å². The van der Waals surface area contributed by atoms with Gasteiger partial charge < -0.3 is 0 Å². The van der Waals surface area contributed by atoms with Crippen LogP contribution in [0.25, 0.3) is 0 Å². The van der Waals surface area contributed by atoms with Gasteiger partial charge in [-0.25, -0.2) is 0 Å². The summed E-state index contributed by atoms with van der Waals surface area (Å²) in [6.07, 6.45) is 22.7. The maximum Gasteiger partial charge on any atom is 0.155 e. The minimum atomic E-state index is -0.576. The summed E-state index contributed by atoms with van der Waals surface area (Å²) in [5, 5.41) is 1.48. The predicted molar refractivity (Wildman–Crippen MR) is 89.3 cm³/mol. The summed E-state index contributed by atoms with van der Waals surface area (Å²) in [7, 11) is -0.576. The maximum atomic E-state index is 6.32. The SMILES string of the molecule is Cl[SiH2]C(C=CC1C2C=CC1CC2)=CC1C2C=CC1CC2. The van der Waals surface area contributed by atoms with E-state index in [2.05, 4.69) is 42.5 Å². The van der Waals surface area contributed by atoms with Crippen molar-refractivity contribution >= 4 is 19.9 Å². The molecule has 0 spiro atoms. The van der Waals surface area contributed by atoms with E-state index in [-0.39, 0.29) is 0 Å². The highest BCUT2D eigenvalue weighted by molar-refractivity contribution is 6.98. The van der Waals surface area contributed by atoms with E-state index >= 15 is 0 Å². The van der Waals surface area contributed by atoms with Gasteiger partial charge in [-0.05, 0) is 61.2 Å². The molecule has 106 valence electrons. The first-order chi connectivity index (χ1) is 9.85. The molecule has 0 aromatic rings. The zero-order valence-corrected chi connectivity index (χ0v) is 14.1. The number of hydrogen-bond acceptors (Lipinski definition) is 0. The van der Waals surface area contributed by atoms with Crippen molar-refractivity contribution in [3.8, 4) is 0 Å². The highest BCUT2D eigenvalue weighted by Gasteiger charge is 2.37. The van der Waals surface area contributed by atoms with Crippen molar-refractivity contribution in [1.29, 1.82) is 0 Å². The Labute approximate surface area is 129 Å². The molecular weight excluding hydrogens is 280 g/mol. The molecule has 0 aliphatic heterocycles. The highest BCUT2D eigenvalue weighted by atomic mass is 35.6. The molecule has 0 heterocycles. The molecule has 20 heavy (non-hydrogen) atoms. The van der Waals surface area contributed by atoms with Crippen LogP contribution >= 0.6 is 11.1 Å². The summed E-state index contributed by atoms with van der Waals surface area (Å²) in [6.45, 7) is 0. The summed E-state index contributed by atoms with van der Waals surface area (Å²) >= 11 is 6.32. The first-order valence-corrected chi connectivity index (χ1v) is 11.0. The van der Waals surface area contributed by atoms with Gasteiger partial charge in [0.25, 0.3) is 0 Å². The Morgan fingerprint density at radius 2 is 1.35 bits per heavy atom. The monoisotopic (exact) mass is 302 g/mol. The molecule has 4 atom stereocenters. The molecule has 0 nitrogen and oxygen atoms in total. The second-order valence-electron chi connectivity index (χ2n) is 6.97. The van der Waals surface area contributed by atoms with Crippen LogP contribution in [0.3, 0.4) is 0 Å². The van der Waals surface area contributed by atoms with Crippen molar-refractivity contribution in [2.75, 3.05) is 0 Å². The molecule has 4 bridgehead atoms. The van der Waals surface area contributed by atoms with Gasteiger partial charge >= 0.3 is 0 Å². The molecule has 0 amide bonds. The van der Waals surface area contributed by atoms with Crippen LogP contribution in [0.4, 0.5) is 0 Å². The topological polar surface area (TPSA) is 0 Å². The van der Waals surface area contributed by atoms with Crippen molar-refractivity contribution < 1.29 is 0 Å². The fourth-order valence-electron chi connectivity index (χ4n) is 4.80. The molecule has 0 radical (unpaired) electrons. The average Bonchev–Trinajstić information content (AvgIpc) is 3.24. The molecule has 2 fully saturated rings. The Bertz CT molecular complexity index is 474. The van der Waals surface area contributed by atoms with Crippen molar-refractivity contribution in [1.82, 2.24) is 0 Å². The number of allylic oxidation sites excluding steroid dienone is 8. The second-order valence-corrected chi connectivity index (χ2v) is 8.85. The summed E-state index contributed by atoms with van der Waals surface area (Å²) < 4.78 is 0. The summed E-state index contributed by atoms with van der Waals surface area (Å²) in [4.78, 5) is 0. The molecule has 4 aliphatic rings. The molecule has 2 heteroatoms. The van der Waals surface area contributed by atoms with Crippen LogP contribution in [0.1, 0.15) is 25.7 Å². The first kappa shape index (κ1) is 13.2. The quantitative estimate of drug-likeness (QED) is 0.316. The van der Waals surface area contributed by atoms with Gasteiger partial charge in [0.1, 0.15) is 0 Å². The lowest BCUT2D eigenvalue weighted by molar-refractivity contribution is 0.528. The zero-order chi connectivity index (χ0) is 13.5. The Balaban J connectivity index is 1.46. The Morgan fingerprint density at radius 1 is 0.850 bits per heavy atom. The normalized spacial score (nSPS) is 46.0. The van der Waals surface area contributed by atoms with Crippen LogP contribution in [-0.4, -0.2) is 8.83 Å². The van der Waals surface area contributed by atoms with Gasteiger partial charge in [0, 0.05) is 0 Å². The molecule has 4 unspecified atom stereocenters. The summed E-state index contributed by atoms with van der Waals surface area (Å²) in [5.41, 5.74) is 0. The Kier molecular flexibility index (Phi) is 3.51. The van der Waals surface area contributed by atoms with Crippen molar-refractivity contribution in [3.05, 3.63) is 47.7 Å². The molecule has 0 aromatic carbocycles. The van der Waals surface area contributed by atoms with Gasteiger partial charge in [0.2, 0.25) is 0 Å². The minimum absolute atomic E-state index is 0.576.